The molecule has 34 heavy (non-hydrogen) atoms. The van der Waals surface area contributed by atoms with Crippen molar-refractivity contribution in [1.82, 2.24) is 14.7 Å². The van der Waals surface area contributed by atoms with Gasteiger partial charge in [0, 0.05) is 25.5 Å². The summed E-state index contributed by atoms with van der Waals surface area (Å²) in [5.74, 6) is 2.38. The molecular formula is C26H34N4O3S. The van der Waals surface area contributed by atoms with Gasteiger partial charge in [0.05, 0.1) is 36.0 Å². The van der Waals surface area contributed by atoms with Crippen LogP contribution in [0.15, 0.2) is 60.9 Å². The van der Waals surface area contributed by atoms with Crippen LogP contribution in [0.2, 0.25) is 0 Å². The Balaban J connectivity index is 1.95. The molecule has 0 amide bonds. The molecule has 7 nitrogen and oxygen atoms in total. The second-order valence-electron chi connectivity index (χ2n) is 9.04. The molecule has 0 aliphatic heterocycles. The molecule has 2 atom stereocenters. The van der Waals surface area contributed by atoms with Gasteiger partial charge in [-0.2, -0.15) is 0 Å². The molecule has 0 unspecified atom stereocenters. The first-order chi connectivity index (χ1) is 16.2. The number of nitrogens with one attached hydrogen (secondary N) is 1. The maximum Gasteiger partial charge on any atom is 0.152 e. The lowest BCUT2D eigenvalue weighted by Crippen LogP contribution is -2.36. The predicted molar refractivity (Wildman–Crippen MR) is 137 cm³/mol. The van der Waals surface area contributed by atoms with Crippen molar-refractivity contribution in [3.63, 3.8) is 0 Å². The normalized spacial score (nSPS) is 13.2. The lowest BCUT2D eigenvalue weighted by atomic mass is 10.1. The van der Waals surface area contributed by atoms with E-state index in [-0.39, 0.29) is 10.8 Å². The Morgan fingerprint density at radius 1 is 0.882 bits per heavy atom. The van der Waals surface area contributed by atoms with Crippen LogP contribution in [-0.2, 0) is 24.1 Å². The van der Waals surface area contributed by atoms with Crippen LogP contribution in [0.4, 0.5) is 5.82 Å². The van der Waals surface area contributed by atoms with E-state index in [1.165, 1.54) is 0 Å². The summed E-state index contributed by atoms with van der Waals surface area (Å²) < 4.78 is 26.2. The number of methoxy groups -OCH3 is 2. The number of ether oxygens (including phenoxy) is 2. The van der Waals surface area contributed by atoms with Crippen molar-refractivity contribution in [2.75, 3.05) is 19.1 Å². The fourth-order valence-corrected chi connectivity index (χ4v) is 4.18. The molecule has 1 N–H and O–H groups in total. The number of hydrogen-bond donors (Lipinski definition) is 1. The molecule has 0 spiro atoms. The Kier molecular flexibility index (Phi) is 8.63. The van der Waals surface area contributed by atoms with Crippen LogP contribution in [0.25, 0.3) is 0 Å². The third-order valence-electron chi connectivity index (χ3n) is 5.32. The molecule has 3 aromatic rings. The Morgan fingerprint density at radius 2 is 1.35 bits per heavy atom. The fraction of sp³-hybridized carbons (Fsp3) is 0.385. The minimum absolute atomic E-state index is 0.252. The fourth-order valence-electron chi connectivity index (χ4n) is 3.39. The summed E-state index contributed by atoms with van der Waals surface area (Å²) in [7, 11) is 2.08. The van der Waals surface area contributed by atoms with Gasteiger partial charge in [-0.1, -0.05) is 24.3 Å². The van der Waals surface area contributed by atoms with Gasteiger partial charge in [0.15, 0.2) is 5.82 Å². The molecular weight excluding hydrogens is 448 g/mol. The topological polar surface area (TPSA) is 76.6 Å². The minimum Gasteiger partial charge on any atom is -0.497 e. The summed E-state index contributed by atoms with van der Waals surface area (Å²) in [6.07, 6.45) is 3.37. The van der Waals surface area contributed by atoms with Crippen LogP contribution in [0.5, 0.6) is 11.5 Å². The molecule has 0 saturated carbocycles. The molecule has 0 saturated heterocycles. The summed E-state index contributed by atoms with van der Waals surface area (Å²) in [4.78, 5) is 11.5. The van der Waals surface area contributed by atoms with Gasteiger partial charge in [-0.15, -0.1) is 0 Å². The van der Waals surface area contributed by atoms with Gasteiger partial charge in [-0.25, -0.2) is 13.9 Å². The van der Waals surface area contributed by atoms with Gasteiger partial charge in [0.1, 0.15) is 17.2 Å². The summed E-state index contributed by atoms with van der Waals surface area (Å²) in [5.41, 5.74) is 2.98. The standard InChI is InChI=1S/C26H34N4O3S/c1-19(29-34(31)26(2,3)4)24-25(28-16-15-27-24)30(17-20-7-11-22(32-5)12-8-20)18-21-9-13-23(33-6)14-10-21/h7-16,19,29H,17-18H2,1-6H3/t19-,34+/m1/s1. The van der Waals surface area contributed by atoms with Crippen LogP contribution < -0.4 is 19.1 Å². The van der Waals surface area contributed by atoms with Crippen molar-refractivity contribution in [1.29, 1.82) is 0 Å². The molecule has 0 aliphatic rings. The molecule has 8 heteroatoms. The first-order valence-corrected chi connectivity index (χ1v) is 12.4. The van der Waals surface area contributed by atoms with Crippen molar-refractivity contribution in [3.05, 3.63) is 77.7 Å². The summed E-state index contributed by atoms with van der Waals surface area (Å²) in [6, 6.07) is 15.8. The van der Waals surface area contributed by atoms with Crippen molar-refractivity contribution in [3.8, 4) is 11.5 Å². The third-order valence-corrected chi connectivity index (χ3v) is 7.00. The highest BCUT2D eigenvalue weighted by molar-refractivity contribution is 7.84. The van der Waals surface area contributed by atoms with Crippen LogP contribution in [0.1, 0.15) is 50.6 Å². The average Bonchev–Trinajstić information content (AvgIpc) is 2.84. The van der Waals surface area contributed by atoms with Gasteiger partial charge in [0.2, 0.25) is 0 Å². The highest BCUT2D eigenvalue weighted by Gasteiger charge is 2.25. The molecule has 1 aromatic heterocycles. The molecule has 0 aliphatic carbocycles. The second-order valence-corrected chi connectivity index (χ2v) is 11.0. The lowest BCUT2D eigenvalue weighted by Gasteiger charge is -2.28. The van der Waals surface area contributed by atoms with Crippen molar-refractivity contribution in [2.24, 2.45) is 0 Å². The molecule has 1 heterocycles. The molecule has 0 bridgehead atoms. The number of nitrogens with zero attached hydrogens (tertiary/aromatic N) is 3. The van der Waals surface area contributed by atoms with Crippen molar-refractivity contribution >= 4 is 16.8 Å². The molecule has 0 fully saturated rings. The van der Waals surface area contributed by atoms with Crippen LogP contribution >= 0.6 is 0 Å². The monoisotopic (exact) mass is 482 g/mol. The average molecular weight is 483 g/mol. The SMILES string of the molecule is COc1ccc(CN(Cc2ccc(OC)cc2)c2nccnc2[C@@H](C)N[S@@](=O)C(C)(C)C)cc1. The molecule has 3 rings (SSSR count). The predicted octanol–water partition coefficient (Wildman–Crippen LogP) is 4.81. The van der Waals surface area contributed by atoms with E-state index < -0.39 is 11.0 Å². The number of rotatable bonds is 10. The van der Waals surface area contributed by atoms with Gasteiger partial charge in [-0.05, 0) is 63.1 Å². The molecule has 2 aromatic carbocycles. The van der Waals surface area contributed by atoms with E-state index in [0.717, 1.165) is 34.1 Å². The zero-order chi connectivity index (χ0) is 24.7. The highest BCUT2D eigenvalue weighted by atomic mass is 32.2. The van der Waals surface area contributed by atoms with Gasteiger partial charge in [-0.3, -0.25) is 4.98 Å². The van der Waals surface area contributed by atoms with E-state index in [2.05, 4.69) is 14.6 Å². The van der Waals surface area contributed by atoms with E-state index in [9.17, 15) is 4.21 Å². The Hall–Kier alpha value is -2.97. The Morgan fingerprint density at radius 3 is 1.79 bits per heavy atom. The maximum atomic E-state index is 12.7. The smallest absolute Gasteiger partial charge is 0.152 e. The van der Waals surface area contributed by atoms with Crippen LogP contribution in [0.3, 0.4) is 0 Å². The summed E-state index contributed by atoms with van der Waals surface area (Å²) in [5, 5.41) is 0. The molecule has 0 radical (unpaired) electrons. The second kappa shape index (κ2) is 11.4. The van der Waals surface area contributed by atoms with E-state index in [1.807, 2.05) is 76.2 Å². The highest BCUT2D eigenvalue weighted by Crippen LogP contribution is 2.27. The van der Waals surface area contributed by atoms with E-state index in [0.29, 0.717) is 13.1 Å². The number of hydrogen-bond acceptors (Lipinski definition) is 6. The van der Waals surface area contributed by atoms with Gasteiger partial charge in [0.25, 0.3) is 0 Å². The van der Waals surface area contributed by atoms with E-state index in [4.69, 9.17) is 14.5 Å². The van der Waals surface area contributed by atoms with Crippen LogP contribution in [-0.4, -0.2) is 33.1 Å². The minimum atomic E-state index is -1.24. The maximum absolute atomic E-state index is 12.7. The quantitative estimate of drug-likeness (QED) is 0.447. The Bertz CT molecular complexity index is 1030. The van der Waals surface area contributed by atoms with Gasteiger partial charge >= 0.3 is 0 Å². The van der Waals surface area contributed by atoms with Crippen molar-refractivity contribution < 1.29 is 13.7 Å². The first kappa shape index (κ1) is 25.6. The number of aromatic nitrogens is 2. The lowest BCUT2D eigenvalue weighted by molar-refractivity contribution is 0.414. The molecule has 182 valence electrons. The third kappa shape index (κ3) is 6.77. The van der Waals surface area contributed by atoms with Crippen LogP contribution in [0, 0.1) is 0 Å². The van der Waals surface area contributed by atoms with Gasteiger partial charge < -0.3 is 14.4 Å². The Labute approximate surface area is 205 Å². The summed E-state index contributed by atoms with van der Waals surface area (Å²) >= 11 is 0. The number of benzene rings is 2. The van der Waals surface area contributed by atoms with E-state index >= 15 is 0 Å². The number of anilines is 1. The van der Waals surface area contributed by atoms with E-state index in [1.54, 1.807) is 26.6 Å². The largest absolute Gasteiger partial charge is 0.497 e. The zero-order valence-electron chi connectivity index (χ0n) is 20.7. The first-order valence-electron chi connectivity index (χ1n) is 11.2. The zero-order valence-corrected chi connectivity index (χ0v) is 21.6. The van der Waals surface area contributed by atoms with Crippen molar-refractivity contribution in [2.45, 2.75) is 51.6 Å². The summed E-state index contributed by atoms with van der Waals surface area (Å²) in [6.45, 7) is 9.05.